The van der Waals surface area contributed by atoms with E-state index in [0.29, 0.717) is 11.8 Å². The van der Waals surface area contributed by atoms with E-state index in [4.69, 9.17) is 0 Å². The molecule has 4 heteroatoms. The Labute approximate surface area is 123 Å². The Hall–Kier alpha value is -1.03. The zero-order chi connectivity index (χ0) is 14.9. The molecule has 1 aliphatic carbocycles. The summed E-state index contributed by atoms with van der Waals surface area (Å²) in [6, 6.07) is 5.99. The Bertz CT molecular complexity index is 477. The highest BCUT2D eigenvalue weighted by Crippen LogP contribution is 2.42. The maximum absolute atomic E-state index is 12.9. The molecule has 0 amide bonds. The molecular weight excluding hydrogens is 275 g/mol. The summed E-state index contributed by atoms with van der Waals surface area (Å²) in [4.78, 5) is 0. The van der Waals surface area contributed by atoms with Crippen molar-refractivity contribution in [3.8, 4) is 0 Å². The third-order valence-corrected chi connectivity index (χ3v) is 5.18. The first-order valence-electron chi connectivity index (χ1n) is 7.93. The quantitative estimate of drug-likeness (QED) is 0.842. The van der Waals surface area contributed by atoms with Gasteiger partial charge in [0.05, 0.1) is 5.56 Å². The Balaban J connectivity index is 1.86. The van der Waals surface area contributed by atoms with Crippen LogP contribution in [0.3, 0.4) is 0 Å². The van der Waals surface area contributed by atoms with Crippen molar-refractivity contribution in [1.82, 2.24) is 5.32 Å². The third kappa shape index (κ3) is 3.25. The van der Waals surface area contributed by atoms with E-state index in [1.54, 1.807) is 6.07 Å². The molecule has 1 nitrogen and oxygen atoms in total. The summed E-state index contributed by atoms with van der Waals surface area (Å²) in [6.45, 7) is 1.86. The number of halogens is 3. The normalized spacial score (nSPS) is 28.0. The van der Waals surface area contributed by atoms with Gasteiger partial charge in [0.15, 0.2) is 0 Å². The molecule has 116 valence electrons. The van der Waals surface area contributed by atoms with Gasteiger partial charge in [-0.05, 0) is 48.9 Å². The van der Waals surface area contributed by atoms with Crippen LogP contribution < -0.4 is 5.32 Å². The molecule has 2 fully saturated rings. The van der Waals surface area contributed by atoms with Gasteiger partial charge in [-0.25, -0.2) is 0 Å². The number of benzene rings is 1. The summed E-state index contributed by atoms with van der Waals surface area (Å²) in [5.41, 5.74) is 0.368. The molecule has 2 atom stereocenters. The van der Waals surface area contributed by atoms with Gasteiger partial charge in [0.1, 0.15) is 0 Å². The first-order chi connectivity index (χ1) is 10.1. The molecule has 1 aromatic carbocycles. The first-order valence-corrected chi connectivity index (χ1v) is 7.93. The number of piperidine rings is 1. The van der Waals surface area contributed by atoms with Crippen LogP contribution in [0.2, 0.25) is 0 Å². The van der Waals surface area contributed by atoms with Crippen LogP contribution in [0.5, 0.6) is 0 Å². The van der Waals surface area contributed by atoms with Crippen molar-refractivity contribution in [3.05, 3.63) is 35.4 Å². The zero-order valence-electron chi connectivity index (χ0n) is 12.1. The van der Waals surface area contributed by atoms with Gasteiger partial charge in [-0.3, -0.25) is 0 Å². The van der Waals surface area contributed by atoms with Crippen molar-refractivity contribution >= 4 is 0 Å². The number of nitrogens with one attached hydrogen (secondary N) is 1. The summed E-state index contributed by atoms with van der Waals surface area (Å²) >= 11 is 0. The van der Waals surface area contributed by atoms with Crippen molar-refractivity contribution in [3.63, 3.8) is 0 Å². The SMILES string of the molecule is FC(F)(F)c1cccc(C2CCNCC2C2CCCC2)c1. The average molecular weight is 297 g/mol. The second-order valence-electron chi connectivity index (χ2n) is 6.43. The van der Waals surface area contributed by atoms with Crippen LogP contribution in [0.1, 0.15) is 49.1 Å². The largest absolute Gasteiger partial charge is 0.416 e. The van der Waals surface area contributed by atoms with Crippen molar-refractivity contribution < 1.29 is 13.2 Å². The van der Waals surface area contributed by atoms with Crippen molar-refractivity contribution in [1.29, 1.82) is 0 Å². The predicted molar refractivity (Wildman–Crippen MR) is 77.1 cm³/mol. The standard InChI is InChI=1S/C17H22F3N/c18-17(19,20)14-7-3-6-13(10-14)15-8-9-21-11-16(15)12-4-1-2-5-12/h3,6-7,10,12,15-16,21H,1-2,4-5,8-9,11H2. The number of hydrogen-bond acceptors (Lipinski definition) is 1. The maximum Gasteiger partial charge on any atom is 0.416 e. The fourth-order valence-electron chi connectivity index (χ4n) is 4.12. The topological polar surface area (TPSA) is 12.0 Å². The molecule has 1 saturated carbocycles. The minimum Gasteiger partial charge on any atom is -0.316 e. The Morgan fingerprint density at radius 1 is 1.05 bits per heavy atom. The van der Waals surface area contributed by atoms with E-state index in [1.165, 1.54) is 37.8 Å². The molecule has 21 heavy (non-hydrogen) atoms. The minimum atomic E-state index is -4.24. The first kappa shape index (κ1) is 14.9. The zero-order valence-corrected chi connectivity index (χ0v) is 12.1. The molecule has 1 aromatic rings. The van der Waals surface area contributed by atoms with Crippen molar-refractivity contribution in [2.45, 2.75) is 44.2 Å². The molecule has 2 unspecified atom stereocenters. The van der Waals surface area contributed by atoms with E-state index in [9.17, 15) is 13.2 Å². The minimum absolute atomic E-state index is 0.275. The van der Waals surface area contributed by atoms with E-state index in [2.05, 4.69) is 5.32 Å². The van der Waals surface area contributed by atoms with Crippen LogP contribution in [-0.4, -0.2) is 13.1 Å². The van der Waals surface area contributed by atoms with Gasteiger partial charge >= 0.3 is 6.18 Å². The van der Waals surface area contributed by atoms with E-state index < -0.39 is 11.7 Å². The third-order valence-electron chi connectivity index (χ3n) is 5.18. The van der Waals surface area contributed by atoms with Crippen LogP contribution >= 0.6 is 0 Å². The van der Waals surface area contributed by atoms with Gasteiger partial charge in [-0.2, -0.15) is 13.2 Å². The van der Waals surface area contributed by atoms with Gasteiger partial charge in [-0.15, -0.1) is 0 Å². The Kier molecular flexibility index (Phi) is 4.25. The summed E-state index contributed by atoms with van der Waals surface area (Å²) < 4.78 is 38.8. The summed E-state index contributed by atoms with van der Waals surface area (Å²) in [5.74, 6) is 1.44. The molecule has 1 heterocycles. The molecule has 1 N–H and O–H groups in total. The number of alkyl halides is 3. The van der Waals surface area contributed by atoms with Crippen LogP contribution in [0.15, 0.2) is 24.3 Å². The number of rotatable bonds is 2. The van der Waals surface area contributed by atoms with Crippen LogP contribution in [0, 0.1) is 11.8 Å². The lowest BCUT2D eigenvalue weighted by Crippen LogP contribution is -2.38. The highest BCUT2D eigenvalue weighted by molar-refractivity contribution is 5.29. The number of hydrogen-bond donors (Lipinski definition) is 1. The fraction of sp³-hybridized carbons (Fsp3) is 0.647. The molecule has 0 bridgehead atoms. The lowest BCUT2D eigenvalue weighted by Gasteiger charge is -2.36. The van der Waals surface area contributed by atoms with Crippen LogP contribution in [0.25, 0.3) is 0 Å². The molecule has 1 saturated heterocycles. The van der Waals surface area contributed by atoms with Crippen LogP contribution in [0.4, 0.5) is 13.2 Å². The van der Waals surface area contributed by atoms with Gasteiger partial charge in [0.2, 0.25) is 0 Å². The lowest BCUT2D eigenvalue weighted by atomic mass is 9.73. The van der Waals surface area contributed by atoms with E-state index >= 15 is 0 Å². The fourth-order valence-corrected chi connectivity index (χ4v) is 4.12. The highest BCUT2D eigenvalue weighted by Gasteiger charge is 2.36. The van der Waals surface area contributed by atoms with Gasteiger partial charge in [0, 0.05) is 0 Å². The van der Waals surface area contributed by atoms with Crippen molar-refractivity contribution in [2.75, 3.05) is 13.1 Å². The van der Waals surface area contributed by atoms with Crippen molar-refractivity contribution in [2.24, 2.45) is 11.8 Å². The highest BCUT2D eigenvalue weighted by atomic mass is 19.4. The smallest absolute Gasteiger partial charge is 0.316 e. The molecule has 3 rings (SSSR count). The summed E-state index contributed by atoms with van der Waals surface area (Å²) in [5, 5.41) is 3.43. The van der Waals surface area contributed by atoms with Gasteiger partial charge < -0.3 is 5.32 Å². The summed E-state index contributed by atoms with van der Waals surface area (Å²) in [6.07, 6.45) is 1.73. The average Bonchev–Trinajstić information content (AvgIpc) is 3.01. The van der Waals surface area contributed by atoms with E-state index in [1.807, 2.05) is 6.07 Å². The Morgan fingerprint density at radius 2 is 1.81 bits per heavy atom. The lowest BCUT2D eigenvalue weighted by molar-refractivity contribution is -0.137. The monoisotopic (exact) mass is 297 g/mol. The molecule has 0 spiro atoms. The molecule has 0 aromatic heterocycles. The molecular formula is C17H22F3N. The van der Waals surface area contributed by atoms with Gasteiger partial charge in [0.25, 0.3) is 0 Å². The Morgan fingerprint density at radius 3 is 2.52 bits per heavy atom. The summed E-state index contributed by atoms with van der Waals surface area (Å²) in [7, 11) is 0. The molecule has 2 aliphatic rings. The predicted octanol–water partition coefficient (Wildman–Crippen LogP) is 4.59. The van der Waals surface area contributed by atoms with Gasteiger partial charge in [-0.1, -0.05) is 43.9 Å². The molecule has 1 aliphatic heterocycles. The van der Waals surface area contributed by atoms with E-state index in [-0.39, 0.29) is 5.92 Å². The van der Waals surface area contributed by atoms with Crippen LogP contribution in [-0.2, 0) is 6.18 Å². The maximum atomic E-state index is 12.9. The second-order valence-corrected chi connectivity index (χ2v) is 6.43. The van der Waals surface area contributed by atoms with E-state index in [0.717, 1.165) is 25.1 Å². The molecule has 0 radical (unpaired) electrons. The second kappa shape index (κ2) is 5.99.